The molecule has 122 valence electrons. The third kappa shape index (κ3) is 5.65. The summed E-state index contributed by atoms with van der Waals surface area (Å²) in [5, 5.41) is 6.41. The molecule has 22 heavy (non-hydrogen) atoms. The van der Waals surface area contributed by atoms with Gasteiger partial charge in [0.25, 0.3) is 0 Å². The van der Waals surface area contributed by atoms with Gasteiger partial charge in [0.2, 0.25) is 0 Å². The summed E-state index contributed by atoms with van der Waals surface area (Å²) in [7, 11) is -0.913. The zero-order valence-corrected chi connectivity index (χ0v) is 14.8. The number of carbonyl (C=O) groups excluding carboxylic acids is 1. The quantitative estimate of drug-likeness (QED) is 0.832. The molecule has 4 nitrogen and oxygen atoms in total. The lowest BCUT2D eigenvalue weighted by atomic mass is 10.3. The summed E-state index contributed by atoms with van der Waals surface area (Å²) in [6.07, 6.45) is 6.76. The van der Waals surface area contributed by atoms with E-state index in [0.717, 1.165) is 10.6 Å². The first kappa shape index (κ1) is 17.3. The summed E-state index contributed by atoms with van der Waals surface area (Å²) in [6, 6.07) is 7.57. The van der Waals surface area contributed by atoms with E-state index in [1.165, 1.54) is 25.7 Å². The van der Waals surface area contributed by atoms with Gasteiger partial charge in [0.15, 0.2) is 0 Å². The number of anilines is 1. The van der Waals surface area contributed by atoms with Crippen LogP contribution in [0.15, 0.2) is 29.2 Å². The molecule has 6 heteroatoms. The predicted octanol–water partition coefficient (Wildman–Crippen LogP) is 3.61. The van der Waals surface area contributed by atoms with Crippen LogP contribution in [0.25, 0.3) is 0 Å². The lowest BCUT2D eigenvalue weighted by Crippen LogP contribution is -2.39. The smallest absolute Gasteiger partial charge is 0.319 e. The van der Waals surface area contributed by atoms with E-state index >= 15 is 0 Å². The molecule has 1 fully saturated rings. The summed E-state index contributed by atoms with van der Waals surface area (Å²) in [6.45, 7) is 1.86. The van der Waals surface area contributed by atoms with Crippen molar-refractivity contribution in [3.63, 3.8) is 0 Å². The zero-order chi connectivity index (χ0) is 15.9. The molecule has 0 unspecified atom stereocenters. The number of hydrogen-bond donors (Lipinski definition) is 2. The Kier molecular flexibility index (Phi) is 6.76. The van der Waals surface area contributed by atoms with Crippen molar-refractivity contribution in [2.75, 3.05) is 17.3 Å². The fraction of sp³-hybridized carbons (Fsp3) is 0.562. The molecule has 0 saturated heterocycles. The predicted molar refractivity (Wildman–Crippen MR) is 95.1 cm³/mol. The van der Waals surface area contributed by atoms with Gasteiger partial charge in [-0.05, 0) is 31.9 Å². The van der Waals surface area contributed by atoms with Crippen LogP contribution in [0.1, 0.15) is 32.6 Å². The van der Waals surface area contributed by atoms with Gasteiger partial charge in [0.05, 0.1) is 5.69 Å². The summed E-state index contributed by atoms with van der Waals surface area (Å²) in [5.74, 6) is 0.464. The van der Waals surface area contributed by atoms with Crippen LogP contribution in [0.4, 0.5) is 10.5 Å². The van der Waals surface area contributed by atoms with Crippen molar-refractivity contribution < 1.29 is 9.00 Å². The first-order valence-electron chi connectivity index (χ1n) is 7.68. The topological polar surface area (TPSA) is 58.2 Å². The van der Waals surface area contributed by atoms with Gasteiger partial charge in [-0.2, -0.15) is 0 Å². The molecule has 0 radical (unpaired) electrons. The molecule has 0 bridgehead atoms. The third-order valence-electron chi connectivity index (χ3n) is 3.59. The van der Waals surface area contributed by atoms with Crippen LogP contribution in [0.3, 0.4) is 0 Å². The van der Waals surface area contributed by atoms with E-state index in [1.54, 1.807) is 6.26 Å². The molecular formula is C16H24N2O2S2. The first-order chi connectivity index (χ1) is 10.5. The molecule has 0 heterocycles. The number of amides is 2. The molecule has 1 aliphatic carbocycles. The summed E-state index contributed by atoms with van der Waals surface area (Å²) < 4.78 is 11.2. The van der Waals surface area contributed by atoms with Crippen molar-refractivity contribution in [3.8, 4) is 0 Å². The van der Waals surface area contributed by atoms with E-state index in [9.17, 15) is 9.00 Å². The Labute approximate surface area is 139 Å². The Hall–Kier alpha value is -1.01. The highest BCUT2D eigenvalue weighted by Gasteiger charge is 2.18. The molecule has 2 rings (SSSR count). The number of para-hydroxylation sites is 1. The highest BCUT2D eigenvalue weighted by molar-refractivity contribution is 8.00. The van der Waals surface area contributed by atoms with Gasteiger partial charge in [-0.25, -0.2) is 4.79 Å². The van der Waals surface area contributed by atoms with Crippen LogP contribution in [0, 0.1) is 0 Å². The third-order valence-corrected chi connectivity index (χ3v) is 5.98. The Morgan fingerprint density at radius 1 is 1.36 bits per heavy atom. The van der Waals surface area contributed by atoms with E-state index in [4.69, 9.17) is 0 Å². The van der Waals surface area contributed by atoms with Crippen molar-refractivity contribution in [1.29, 1.82) is 0 Å². The van der Waals surface area contributed by atoms with Gasteiger partial charge in [0, 0.05) is 39.0 Å². The molecule has 0 aromatic heterocycles. The largest absolute Gasteiger partial charge is 0.334 e. The van der Waals surface area contributed by atoms with Gasteiger partial charge in [-0.3, -0.25) is 4.21 Å². The number of nitrogens with one attached hydrogen (secondary N) is 2. The second kappa shape index (κ2) is 8.58. The van der Waals surface area contributed by atoms with E-state index in [-0.39, 0.29) is 12.1 Å². The van der Waals surface area contributed by atoms with Crippen molar-refractivity contribution in [1.82, 2.24) is 5.32 Å². The lowest BCUT2D eigenvalue weighted by Gasteiger charge is -2.16. The van der Waals surface area contributed by atoms with Crippen molar-refractivity contribution in [2.45, 2.75) is 48.8 Å². The second-order valence-corrected chi connectivity index (χ2v) is 8.58. The van der Waals surface area contributed by atoms with E-state index in [0.29, 0.717) is 11.0 Å². The van der Waals surface area contributed by atoms with Crippen LogP contribution >= 0.6 is 11.8 Å². The maximum absolute atomic E-state index is 12.1. The normalized spacial score (nSPS) is 17.9. The number of carbonyl (C=O) groups is 1. The van der Waals surface area contributed by atoms with Gasteiger partial charge in [-0.1, -0.05) is 25.0 Å². The van der Waals surface area contributed by atoms with E-state index in [1.807, 2.05) is 36.9 Å². The molecule has 1 aliphatic rings. The van der Waals surface area contributed by atoms with Crippen LogP contribution in [-0.2, 0) is 10.8 Å². The SMILES string of the molecule is C[C@@H](C[S@@](C)=O)NC(=O)Nc1ccccc1SC1CCCC1. The van der Waals surface area contributed by atoms with Crippen LogP contribution in [-0.4, -0.2) is 33.5 Å². The highest BCUT2D eigenvalue weighted by atomic mass is 32.2. The first-order valence-corrected chi connectivity index (χ1v) is 10.3. The molecule has 1 saturated carbocycles. The number of urea groups is 1. The maximum atomic E-state index is 12.1. The molecule has 1 aromatic rings. The van der Waals surface area contributed by atoms with Crippen LogP contribution in [0.2, 0.25) is 0 Å². The monoisotopic (exact) mass is 340 g/mol. The highest BCUT2D eigenvalue weighted by Crippen LogP contribution is 2.37. The fourth-order valence-corrected chi connectivity index (χ4v) is 4.75. The van der Waals surface area contributed by atoms with E-state index in [2.05, 4.69) is 16.7 Å². The van der Waals surface area contributed by atoms with E-state index < -0.39 is 10.8 Å². The number of rotatable bonds is 6. The average Bonchev–Trinajstić information content (AvgIpc) is 2.92. The minimum atomic E-state index is -0.913. The van der Waals surface area contributed by atoms with Gasteiger partial charge >= 0.3 is 6.03 Å². The van der Waals surface area contributed by atoms with Crippen molar-refractivity contribution in [2.24, 2.45) is 0 Å². The van der Waals surface area contributed by atoms with Gasteiger partial charge < -0.3 is 10.6 Å². The summed E-state index contributed by atoms with van der Waals surface area (Å²) in [4.78, 5) is 13.2. The average molecular weight is 341 g/mol. The molecule has 0 spiro atoms. The number of thioether (sulfide) groups is 1. The molecule has 1 aromatic carbocycles. The molecule has 2 N–H and O–H groups in total. The van der Waals surface area contributed by atoms with Gasteiger partial charge in [-0.15, -0.1) is 11.8 Å². The fourth-order valence-electron chi connectivity index (χ4n) is 2.63. The minimum absolute atomic E-state index is 0.111. The van der Waals surface area contributed by atoms with Crippen molar-refractivity contribution in [3.05, 3.63) is 24.3 Å². The molecule has 2 atom stereocenters. The minimum Gasteiger partial charge on any atom is -0.334 e. The Morgan fingerprint density at radius 3 is 2.73 bits per heavy atom. The standard InChI is InChI=1S/C16H24N2O2S2/c1-12(11-22(2)20)17-16(19)18-14-9-5-6-10-15(14)21-13-7-3-4-8-13/h5-6,9-10,12-13H,3-4,7-8,11H2,1-2H3,(H2,17,18,19)/t12-,22+/m0/s1. The number of hydrogen-bond acceptors (Lipinski definition) is 3. The Balaban J connectivity index is 1.93. The summed E-state index contributed by atoms with van der Waals surface area (Å²) >= 11 is 1.86. The zero-order valence-electron chi connectivity index (χ0n) is 13.1. The number of benzene rings is 1. The maximum Gasteiger partial charge on any atom is 0.319 e. The molecular weight excluding hydrogens is 316 g/mol. The van der Waals surface area contributed by atoms with Crippen LogP contribution in [0.5, 0.6) is 0 Å². The van der Waals surface area contributed by atoms with Crippen molar-refractivity contribution >= 4 is 34.3 Å². The second-order valence-electron chi connectivity index (χ2n) is 5.76. The Morgan fingerprint density at radius 2 is 2.05 bits per heavy atom. The molecule has 0 aliphatic heterocycles. The lowest BCUT2D eigenvalue weighted by molar-refractivity contribution is 0.250. The van der Waals surface area contributed by atoms with Crippen LogP contribution < -0.4 is 10.6 Å². The molecule has 2 amide bonds. The Bertz CT molecular complexity index is 531. The summed E-state index contributed by atoms with van der Waals surface area (Å²) in [5.41, 5.74) is 0.849. The van der Waals surface area contributed by atoms with Gasteiger partial charge in [0.1, 0.15) is 0 Å².